The summed E-state index contributed by atoms with van der Waals surface area (Å²) in [4.78, 5) is 23.8. The molecule has 1 N–H and O–H groups in total. The second-order valence-electron chi connectivity index (χ2n) is 5.78. The van der Waals surface area contributed by atoms with E-state index in [9.17, 15) is 4.79 Å². The van der Waals surface area contributed by atoms with Gasteiger partial charge in [0.15, 0.2) is 10.9 Å². The van der Waals surface area contributed by atoms with Crippen LogP contribution >= 0.6 is 11.8 Å². The summed E-state index contributed by atoms with van der Waals surface area (Å²) in [7, 11) is 3.08. The third kappa shape index (κ3) is 5.49. The van der Waals surface area contributed by atoms with Gasteiger partial charge in [0.05, 0.1) is 27.4 Å². The lowest BCUT2D eigenvalue weighted by molar-refractivity contribution is 0.0964. The van der Waals surface area contributed by atoms with Crippen molar-refractivity contribution in [1.29, 1.82) is 0 Å². The Bertz CT molecular complexity index is 773. The molecule has 9 heteroatoms. The van der Waals surface area contributed by atoms with Crippen LogP contribution in [0.2, 0.25) is 0 Å². The first-order valence-corrected chi connectivity index (χ1v) is 9.94. The van der Waals surface area contributed by atoms with Gasteiger partial charge in [0, 0.05) is 31.1 Å². The monoisotopic (exact) mass is 406 g/mol. The highest BCUT2D eigenvalue weighted by Gasteiger charge is 2.22. The van der Waals surface area contributed by atoms with Gasteiger partial charge in [-0.3, -0.25) is 4.79 Å². The van der Waals surface area contributed by atoms with E-state index in [0.29, 0.717) is 60.1 Å². The van der Waals surface area contributed by atoms with E-state index in [0.717, 1.165) is 0 Å². The highest BCUT2D eigenvalue weighted by Crippen LogP contribution is 2.22. The number of hydrogen-bond donors (Lipinski definition) is 1. The standard InChI is InChI=1S/C19H26N4O4S/c1-6-14(11-16(26-4)13(2)25-3)21-18(24)15-12-20-19(28-5)22-17(15)23-7-9-27-10-8-23/h6,11-12H,1,7-10H2,2-5H3,(H,21,24)/b14-11+,16-13-. The molecule has 1 saturated heterocycles. The fourth-order valence-electron chi connectivity index (χ4n) is 2.52. The number of nitrogens with one attached hydrogen (secondary N) is 1. The third-order valence-electron chi connectivity index (χ3n) is 4.12. The molecule has 1 aliphatic rings. The van der Waals surface area contributed by atoms with Crippen LogP contribution in [0.3, 0.4) is 0 Å². The van der Waals surface area contributed by atoms with Crippen molar-refractivity contribution >= 4 is 23.5 Å². The Balaban J connectivity index is 2.33. The van der Waals surface area contributed by atoms with Crippen molar-refractivity contribution in [3.8, 4) is 0 Å². The van der Waals surface area contributed by atoms with E-state index in [2.05, 4.69) is 21.9 Å². The van der Waals surface area contributed by atoms with E-state index < -0.39 is 0 Å². The molecule has 0 aromatic carbocycles. The quantitative estimate of drug-likeness (QED) is 0.305. The van der Waals surface area contributed by atoms with Crippen LogP contribution in [0.4, 0.5) is 5.82 Å². The normalized spacial score (nSPS) is 15.6. The van der Waals surface area contributed by atoms with Crippen molar-refractivity contribution in [2.45, 2.75) is 12.1 Å². The second-order valence-corrected chi connectivity index (χ2v) is 6.55. The zero-order valence-electron chi connectivity index (χ0n) is 16.7. The van der Waals surface area contributed by atoms with Gasteiger partial charge >= 0.3 is 0 Å². The maximum Gasteiger partial charge on any atom is 0.261 e. The van der Waals surface area contributed by atoms with Crippen LogP contribution in [0.25, 0.3) is 0 Å². The number of hydrogen-bond acceptors (Lipinski definition) is 8. The number of morpholine rings is 1. The number of ether oxygens (including phenoxy) is 3. The number of amides is 1. The summed E-state index contributed by atoms with van der Waals surface area (Å²) < 4.78 is 15.9. The van der Waals surface area contributed by atoms with Gasteiger partial charge in [-0.05, 0) is 19.3 Å². The van der Waals surface area contributed by atoms with Gasteiger partial charge in [0.1, 0.15) is 17.1 Å². The van der Waals surface area contributed by atoms with Gasteiger partial charge in [-0.2, -0.15) is 0 Å². The Labute approximate surface area is 169 Å². The van der Waals surface area contributed by atoms with E-state index in [1.807, 2.05) is 11.2 Å². The summed E-state index contributed by atoms with van der Waals surface area (Å²) in [5.74, 6) is 1.34. The van der Waals surface area contributed by atoms with Gasteiger partial charge in [-0.15, -0.1) is 0 Å². The third-order valence-corrected chi connectivity index (χ3v) is 4.68. The Morgan fingerprint density at radius 3 is 2.64 bits per heavy atom. The molecule has 1 aromatic rings. The highest BCUT2D eigenvalue weighted by atomic mass is 32.2. The molecule has 2 rings (SSSR count). The van der Waals surface area contributed by atoms with Gasteiger partial charge in [0.25, 0.3) is 5.91 Å². The minimum atomic E-state index is -0.328. The summed E-state index contributed by atoms with van der Waals surface area (Å²) in [5, 5.41) is 3.44. The van der Waals surface area contributed by atoms with Crippen molar-refractivity contribution in [2.75, 3.05) is 51.7 Å². The van der Waals surface area contributed by atoms with E-state index in [-0.39, 0.29) is 5.91 Å². The van der Waals surface area contributed by atoms with Crippen LogP contribution in [-0.4, -0.2) is 62.7 Å². The molecule has 0 atom stereocenters. The summed E-state index contributed by atoms with van der Waals surface area (Å²) in [6.45, 7) is 8.04. The Morgan fingerprint density at radius 1 is 1.36 bits per heavy atom. The minimum Gasteiger partial charge on any atom is -0.498 e. The van der Waals surface area contributed by atoms with Crippen LogP contribution in [0.15, 0.2) is 47.3 Å². The summed E-state index contributed by atoms with van der Waals surface area (Å²) in [6, 6.07) is 0. The molecule has 1 aromatic heterocycles. The average molecular weight is 407 g/mol. The molecule has 2 heterocycles. The summed E-state index contributed by atoms with van der Waals surface area (Å²) in [6.07, 6.45) is 6.63. The molecule has 0 saturated carbocycles. The SMILES string of the molecule is C=C/C(=C\C(OC)=C(/C)OC)NC(=O)c1cnc(SC)nc1N1CCOCC1. The van der Waals surface area contributed by atoms with Crippen LogP contribution < -0.4 is 10.2 Å². The fraction of sp³-hybridized carbons (Fsp3) is 0.421. The van der Waals surface area contributed by atoms with E-state index >= 15 is 0 Å². The minimum absolute atomic E-state index is 0.328. The van der Waals surface area contributed by atoms with Gasteiger partial charge < -0.3 is 24.4 Å². The maximum atomic E-state index is 13.0. The van der Waals surface area contributed by atoms with Gasteiger partial charge in [-0.25, -0.2) is 9.97 Å². The van der Waals surface area contributed by atoms with Crippen LogP contribution in [0.1, 0.15) is 17.3 Å². The lowest BCUT2D eigenvalue weighted by Crippen LogP contribution is -2.38. The first-order valence-electron chi connectivity index (χ1n) is 8.72. The molecule has 1 amide bonds. The largest absolute Gasteiger partial charge is 0.498 e. The van der Waals surface area contributed by atoms with Crippen molar-refractivity contribution in [3.63, 3.8) is 0 Å². The maximum absolute atomic E-state index is 13.0. The number of anilines is 1. The number of nitrogens with zero attached hydrogens (tertiary/aromatic N) is 3. The molecule has 8 nitrogen and oxygen atoms in total. The predicted molar refractivity (Wildman–Crippen MR) is 109 cm³/mol. The van der Waals surface area contributed by atoms with Crippen LogP contribution in [-0.2, 0) is 14.2 Å². The van der Waals surface area contributed by atoms with Gasteiger partial charge in [-0.1, -0.05) is 18.3 Å². The number of carbonyl (C=O) groups excluding carboxylic acids is 1. The van der Waals surface area contributed by atoms with E-state index in [1.165, 1.54) is 24.9 Å². The van der Waals surface area contributed by atoms with Gasteiger partial charge in [0.2, 0.25) is 0 Å². The average Bonchev–Trinajstić information content (AvgIpc) is 2.75. The van der Waals surface area contributed by atoms with Crippen LogP contribution in [0.5, 0.6) is 0 Å². The Kier molecular flexibility index (Phi) is 8.34. The summed E-state index contributed by atoms with van der Waals surface area (Å²) >= 11 is 1.43. The Morgan fingerprint density at radius 2 is 2.07 bits per heavy atom. The number of carbonyl (C=O) groups is 1. The van der Waals surface area contributed by atoms with Crippen molar-refractivity contribution in [1.82, 2.24) is 15.3 Å². The number of aromatic nitrogens is 2. The highest BCUT2D eigenvalue weighted by molar-refractivity contribution is 7.98. The molecule has 0 unspecified atom stereocenters. The molecule has 28 heavy (non-hydrogen) atoms. The molecule has 152 valence electrons. The first kappa shape index (κ1) is 21.8. The fourth-order valence-corrected chi connectivity index (χ4v) is 2.86. The molecule has 0 radical (unpaired) electrons. The molecule has 1 aliphatic heterocycles. The van der Waals surface area contributed by atoms with E-state index in [1.54, 1.807) is 26.3 Å². The second kappa shape index (κ2) is 10.7. The molecule has 1 fully saturated rings. The first-order chi connectivity index (χ1) is 13.5. The number of thioether (sulfide) groups is 1. The van der Waals surface area contributed by atoms with Crippen molar-refractivity contribution in [2.24, 2.45) is 0 Å². The zero-order valence-corrected chi connectivity index (χ0v) is 17.5. The summed E-state index contributed by atoms with van der Waals surface area (Å²) in [5.41, 5.74) is 0.860. The molecule has 0 aliphatic carbocycles. The Hall–Kier alpha value is -2.52. The molecular weight excluding hydrogens is 380 g/mol. The molecule has 0 bridgehead atoms. The zero-order chi connectivity index (χ0) is 20.5. The smallest absolute Gasteiger partial charge is 0.261 e. The van der Waals surface area contributed by atoms with Crippen molar-refractivity contribution in [3.05, 3.63) is 47.7 Å². The van der Waals surface area contributed by atoms with E-state index in [4.69, 9.17) is 14.2 Å². The number of rotatable bonds is 8. The number of allylic oxidation sites excluding steroid dienone is 3. The topological polar surface area (TPSA) is 85.8 Å². The molecular formula is C19H26N4O4S. The predicted octanol–water partition coefficient (Wildman–Crippen LogP) is 2.36. The van der Waals surface area contributed by atoms with Crippen molar-refractivity contribution < 1.29 is 19.0 Å². The molecule has 0 spiro atoms. The van der Waals surface area contributed by atoms with Crippen LogP contribution in [0, 0.1) is 0 Å². The lowest BCUT2D eigenvalue weighted by Gasteiger charge is -2.29. The number of methoxy groups -OCH3 is 2. The lowest BCUT2D eigenvalue weighted by atomic mass is 10.2.